The molecule has 2 atom stereocenters. The van der Waals surface area contributed by atoms with Gasteiger partial charge in [-0.3, -0.25) is 13.8 Å². The Morgan fingerprint density at radius 1 is 0.756 bits per heavy atom. The number of hydrogen-bond acceptors (Lipinski definition) is 5. The first kappa shape index (κ1) is 41.8. The normalized spacial score (nSPS) is 13.9. The zero-order valence-corrected chi connectivity index (χ0v) is 30.6. The minimum absolute atomic E-state index is 0.0267. The van der Waals surface area contributed by atoms with Gasteiger partial charge >= 0.3 is 7.82 Å². The Labute approximate surface area is 277 Å². The van der Waals surface area contributed by atoms with Crippen molar-refractivity contribution in [2.45, 2.75) is 142 Å². The van der Waals surface area contributed by atoms with Crippen molar-refractivity contribution in [1.82, 2.24) is 0 Å². The molecule has 1 N–H and O–H groups in total. The van der Waals surface area contributed by atoms with Gasteiger partial charge in [-0.1, -0.05) is 128 Å². The maximum atomic E-state index is 12.5. The van der Waals surface area contributed by atoms with E-state index in [0.29, 0.717) is 36.9 Å². The Morgan fingerprint density at radius 3 is 1.82 bits per heavy atom. The average molecular weight is 655 g/mol. The first-order chi connectivity index (χ1) is 21.6. The SMILES string of the molecule is CCCCCCCCCCCCCCCCCCOc1ccccc1CC(COP(=O)(O)OCC[N+](C)(C)C)CC(=O)CCC. The van der Waals surface area contributed by atoms with Gasteiger partial charge in [-0.15, -0.1) is 0 Å². The second-order valence-electron chi connectivity index (χ2n) is 13.9. The maximum Gasteiger partial charge on any atom is 0.472 e. The van der Waals surface area contributed by atoms with Crippen LogP contribution in [0.4, 0.5) is 0 Å². The number of benzene rings is 1. The van der Waals surface area contributed by atoms with Crippen molar-refractivity contribution in [3.8, 4) is 5.75 Å². The van der Waals surface area contributed by atoms with Crippen LogP contribution in [0.3, 0.4) is 0 Å². The number of unbranched alkanes of at least 4 members (excludes halogenated alkanes) is 15. The van der Waals surface area contributed by atoms with Crippen LogP contribution in [0.25, 0.3) is 0 Å². The summed E-state index contributed by atoms with van der Waals surface area (Å²) in [6.45, 7) is 5.59. The monoisotopic (exact) mass is 654 g/mol. The Morgan fingerprint density at radius 2 is 1.29 bits per heavy atom. The number of ether oxygens (including phenoxy) is 1. The number of carbonyl (C=O) groups is 1. The number of ketones is 1. The van der Waals surface area contributed by atoms with Gasteiger partial charge in [0.1, 0.15) is 24.7 Å². The number of quaternary nitrogens is 1. The smallest absolute Gasteiger partial charge is 0.472 e. The largest absolute Gasteiger partial charge is 0.493 e. The first-order valence-corrected chi connectivity index (χ1v) is 19.7. The van der Waals surface area contributed by atoms with Crippen molar-refractivity contribution in [3.63, 3.8) is 0 Å². The molecule has 0 aromatic heterocycles. The van der Waals surface area contributed by atoms with Gasteiger partial charge in [-0.2, -0.15) is 0 Å². The summed E-state index contributed by atoms with van der Waals surface area (Å²) in [7, 11) is 1.76. The molecule has 1 aromatic rings. The number of phosphoric acid groups is 1. The van der Waals surface area contributed by atoms with Crippen molar-refractivity contribution in [2.75, 3.05) is 47.5 Å². The third-order valence-corrected chi connectivity index (χ3v) is 9.26. The van der Waals surface area contributed by atoms with E-state index in [1.54, 1.807) is 0 Å². The Kier molecular flexibility index (Phi) is 24.0. The van der Waals surface area contributed by atoms with Crippen LogP contribution in [0.5, 0.6) is 5.75 Å². The van der Waals surface area contributed by atoms with Crippen molar-refractivity contribution >= 4 is 13.6 Å². The summed E-state index contributed by atoms with van der Waals surface area (Å²) in [4.78, 5) is 22.8. The first-order valence-electron chi connectivity index (χ1n) is 18.2. The molecule has 0 radical (unpaired) electrons. The summed E-state index contributed by atoms with van der Waals surface area (Å²) in [6.07, 6.45) is 23.5. The van der Waals surface area contributed by atoms with Gasteiger partial charge in [0.05, 0.1) is 34.4 Å². The second-order valence-corrected chi connectivity index (χ2v) is 15.4. The van der Waals surface area contributed by atoms with E-state index in [9.17, 15) is 14.3 Å². The number of hydrogen-bond donors (Lipinski definition) is 1. The molecule has 8 heteroatoms. The molecule has 0 fully saturated rings. The lowest BCUT2D eigenvalue weighted by atomic mass is 9.93. The lowest BCUT2D eigenvalue weighted by Crippen LogP contribution is -2.37. The van der Waals surface area contributed by atoms with Gasteiger partial charge in [-0.05, 0) is 36.8 Å². The number of likely N-dealkylation sites (N-methyl/N-ethyl adjacent to an activating group) is 1. The molecule has 0 saturated heterocycles. The molecular formula is C37H69NO6P+. The number of nitrogens with zero attached hydrogens (tertiary/aromatic N) is 1. The predicted molar refractivity (Wildman–Crippen MR) is 188 cm³/mol. The van der Waals surface area contributed by atoms with E-state index in [-0.39, 0.29) is 24.9 Å². The molecule has 0 aliphatic rings. The Hall–Kier alpha value is -1.24. The fraction of sp³-hybridized carbons (Fsp3) is 0.811. The quantitative estimate of drug-likeness (QED) is 0.0487. The Bertz CT molecular complexity index is 918. The Balaban J connectivity index is 2.36. The minimum atomic E-state index is -4.21. The third kappa shape index (κ3) is 24.6. The van der Waals surface area contributed by atoms with Crippen molar-refractivity contribution in [3.05, 3.63) is 29.8 Å². The van der Waals surface area contributed by atoms with Crippen LogP contribution in [0.2, 0.25) is 0 Å². The van der Waals surface area contributed by atoms with E-state index >= 15 is 0 Å². The highest BCUT2D eigenvalue weighted by atomic mass is 31.2. The minimum Gasteiger partial charge on any atom is -0.493 e. The van der Waals surface area contributed by atoms with Crippen LogP contribution >= 0.6 is 7.82 Å². The summed E-state index contributed by atoms with van der Waals surface area (Å²) in [5.41, 5.74) is 0.991. The molecule has 0 bridgehead atoms. The lowest BCUT2D eigenvalue weighted by molar-refractivity contribution is -0.870. The van der Waals surface area contributed by atoms with Gasteiger partial charge in [0.15, 0.2) is 0 Å². The predicted octanol–water partition coefficient (Wildman–Crippen LogP) is 10.1. The van der Waals surface area contributed by atoms with E-state index < -0.39 is 7.82 Å². The molecule has 0 saturated carbocycles. The van der Waals surface area contributed by atoms with Gasteiger partial charge in [0.25, 0.3) is 0 Å². The van der Waals surface area contributed by atoms with Crippen LogP contribution in [0.1, 0.15) is 141 Å². The molecule has 45 heavy (non-hydrogen) atoms. The standard InChI is InChI=1S/C37H68NO6P/c1-6-8-9-10-11-12-13-14-15-16-17-18-19-20-21-24-29-42-37-27-23-22-26-35(37)31-34(32-36(39)25-7-2)33-44-45(40,41)43-30-28-38(3,4)5/h22-23,26-27,34H,6-21,24-25,28-33H2,1-5H3/p+1. The van der Waals surface area contributed by atoms with Gasteiger partial charge < -0.3 is 14.1 Å². The van der Waals surface area contributed by atoms with Crippen molar-refractivity contribution < 1.29 is 32.5 Å². The number of rotatable bonds is 31. The molecule has 0 aliphatic heterocycles. The highest BCUT2D eigenvalue weighted by Gasteiger charge is 2.26. The number of phosphoric ester groups is 1. The van der Waals surface area contributed by atoms with E-state index in [2.05, 4.69) is 6.92 Å². The van der Waals surface area contributed by atoms with Crippen molar-refractivity contribution in [1.29, 1.82) is 0 Å². The number of Topliss-reactive ketones (excluding diaryl/α,β-unsaturated/α-hetero) is 1. The molecular weight excluding hydrogens is 585 g/mol. The highest BCUT2D eigenvalue weighted by molar-refractivity contribution is 7.47. The van der Waals surface area contributed by atoms with Crippen LogP contribution < -0.4 is 4.74 Å². The average Bonchev–Trinajstić information content (AvgIpc) is 2.97. The molecule has 0 spiro atoms. The summed E-state index contributed by atoms with van der Waals surface area (Å²) in [5, 5.41) is 0. The van der Waals surface area contributed by atoms with Crippen molar-refractivity contribution in [2.24, 2.45) is 5.92 Å². The van der Waals surface area contributed by atoms with E-state index in [1.807, 2.05) is 52.3 Å². The third-order valence-electron chi connectivity index (χ3n) is 8.27. The fourth-order valence-electron chi connectivity index (χ4n) is 5.52. The van der Waals surface area contributed by atoms with Crippen LogP contribution in [-0.4, -0.2) is 62.7 Å². The lowest BCUT2D eigenvalue weighted by Gasteiger charge is -2.24. The summed E-state index contributed by atoms with van der Waals surface area (Å²) >= 11 is 0. The van der Waals surface area contributed by atoms with Gasteiger partial charge in [0, 0.05) is 12.8 Å². The molecule has 0 aliphatic carbocycles. The molecule has 262 valence electrons. The molecule has 0 amide bonds. The van der Waals surface area contributed by atoms with E-state index in [4.69, 9.17) is 13.8 Å². The summed E-state index contributed by atoms with van der Waals surface area (Å²) < 4.78 is 29.9. The van der Waals surface area contributed by atoms with E-state index in [0.717, 1.165) is 24.2 Å². The van der Waals surface area contributed by atoms with E-state index in [1.165, 1.54) is 96.3 Å². The maximum absolute atomic E-state index is 12.5. The molecule has 7 nitrogen and oxygen atoms in total. The van der Waals surface area contributed by atoms with Crippen LogP contribution in [0, 0.1) is 5.92 Å². The molecule has 0 heterocycles. The molecule has 1 aromatic carbocycles. The fourth-order valence-corrected chi connectivity index (χ4v) is 6.30. The van der Waals surface area contributed by atoms with Crippen LogP contribution in [0.15, 0.2) is 24.3 Å². The number of carbonyl (C=O) groups excluding carboxylic acids is 1. The summed E-state index contributed by atoms with van der Waals surface area (Å²) in [5.74, 6) is 0.709. The van der Waals surface area contributed by atoms with Gasteiger partial charge in [0.2, 0.25) is 0 Å². The van der Waals surface area contributed by atoms with Crippen LogP contribution in [-0.2, 0) is 24.8 Å². The topological polar surface area (TPSA) is 82.1 Å². The second kappa shape index (κ2) is 25.8. The van der Waals surface area contributed by atoms with Gasteiger partial charge in [-0.25, -0.2) is 4.57 Å². The zero-order valence-electron chi connectivity index (χ0n) is 29.7. The summed E-state index contributed by atoms with van der Waals surface area (Å²) in [6, 6.07) is 7.91. The number of para-hydroxylation sites is 1. The zero-order chi connectivity index (χ0) is 33.2. The molecule has 1 rings (SSSR count). The highest BCUT2D eigenvalue weighted by Crippen LogP contribution is 2.44. The molecule has 2 unspecified atom stereocenters.